The fraction of sp³-hybridized carbons (Fsp3) is 0.0556. The molecule has 0 saturated carbocycles. The summed E-state index contributed by atoms with van der Waals surface area (Å²) in [4.78, 5) is 23.5. The molecule has 0 unspecified atom stereocenters. The van der Waals surface area contributed by atoms with Crippen molar-refractivity contribution in [1.29, 1.82) is 0 Å². The number of halogens is 3. The summed E-state index contributed by atoms with van der Waals surface area (Å²) in [6, 6.07) is 8.87. The highest BCUT2D eigenvalue weighted by molar-refractivity contribution is 7.16. The largest absolute Gasteiger partial charge is 0.312 e. The molecule has 0 aliphatic heterocycles. The van der Waals surface area contributed by atoms with Gasteiger partial charge < -0.3 is 4.98 Å². The molecule has 0 aliphatic carbocycles. The molecule has 27 heavy (non-hydrogen) atoms. The van der Waals surface area contributed by atoms with Crippen molar-refractivity contribution in [2.75, 3.05) is 0 Å². The summed E-state index contributed by atoms with van der Waals surface area (Å²) in [5, 5.41) is 0. The molecule has 4 rings (SSSR count). The first kappa shape index (κ1) is 17.2. The van der Waals surface area contributed by atoms with E-state index >= 15 is 0 Å². The van der Waals surface area contributed by atoms with Gasteiger partial charge in [0.2, 0.25) is 0 Å². The van der Waals surface area contributed by atoms with Crippen molar-refractivity contribution in [1.82, 2.24) is 14.5 Å². The summed E-state index contributed by atoms with van der Waals surface area (Å²) in [7, 11) is 0. The van der Waals surface area contributed by atoms with E-state index in [1.54, 1.807) is 4.57 Å². The van der Waals surface area contributed by atoms with Crippen LogP contribution >= 0.6 is 11.3 Å². The fourth-order valence-corrected chi connectivity index (χ4v) is 3.57. The molecule has 4 aromatic rings. The lowest BCUT2D eigenvalue weighted by Crippen LogP contribution is -2.14. The van der Waals surface area contributed by atoms with E-state index in [1.807, 2.05) is 0 Å². The topological polar surface area (TPSA) is 63.0 Å². The lowest BCUT2D eigenvalue weighted by atomic mass is 10.2. The zero-order valence-electron chi connectivity index (χ0n) is 13.6. The maximum atomic E-state index is 13.9. The molecule has 0 bridgehead atoms. The van der Waals surface area contributed by atoms with Crippen LogP contribution in [-0.4, -0.2) is 14.5 Å². The van der Waals surface area contributed by atoms with E-state index in [4.69, 9.17) is 0 Å². The standard InChI is InChI=1S/C18H11F3N4OS/c19-11-3-5-13(6-4-11)25-16-15(17(26)24-9-23-16)27-18(25)22-8-10-1-2-12(20)7-14(10)21/h1-7,9H,8H2,(H,23,24,26). The molecule has 0 amide bonds. The number of nitrogens with one attached hydrogen (secondary N) is 1. The van der Waals surface area contributed by atoms with Crippen molar-refractivity contribution >= 4 is 21.7 Å². The molecular formula is C18H11F3N4OS. The third kappa shape index (κ3) is 3.28. The number of hydrogen-bond acceptors (Lipinski definition) is 4. The number of nitrogens with zero attached hydrogens (tertiary/aromatic N) is 3. The SMILES string of the molecule is O=c1[nH]cnc2c1sc(=NCc1ccc(F)cc1F)n2-c1ccc(F)cc1. The zero-order chi connectivity index (χ0) is 19.0. The van der Waals surface area contributed by atoms with Gasteiger partial charge in [-0.15, -0.1) is 0 Å². The molecule has 0 aliphatic rings. The Hall–Kier alpha value is -3.20. The van der Waals surface area contributed by atoms with Crippen LogP contribution in [0.5, 0.6) is 0 Å². The van der Waals surface area contributed by atoms with E-state index in [9.17, 15) is 18.0 Å². The Morgan fingerprint density at radius 1 is 1.07 bits per heavy atom. The first-order chi connectivity index (χ1) is 13.0. The average Bonchev–Trinajstić information content (AvgIpc) is 3.02. The Bertz CT molecular complexity index is 1260. The Balaban J connectivity index is 1.91. The zero-order valence-corrected chi connectivity index (χ0v) is 14.4. The van der Waals surface area contributed by atoms with Crippen LogP contribution in [-0.2, 0) is 6.54 Å². The van der Waals surface area contributed by atoms with Gasteiger partial charge in [-0.25, -0.2) is 18.2 Å². The third-order valence-corrected chi connectivity index (χ3v) is 4.94. The Morgan fingerprint density at radius 2 is 1.81 bits per heavy atom. The summed E-state index contributed by atoms with van der Waals surface area (Å²) >= 11 is 1.08. The molecule has 9 heteroatoms. The van der Waals surface area contributed by atoms with Gasteiger partial charge >= 0.3 is 0 Å². The predicted octanol–water partition coefficient (Wildman–Crippen LogP) is 3.29. The van der Waals surface area contributed by atoms with Gasteiger partial charge in [0.1, 0.15) is 22.2 Å². The van der Waals surface area contributed by atoms with E-state index in [-0.39, 0.29) is 17.7 Å². The van der Waals surface area contributed by atoms with Gasteiger partial charge in [0, 0.05) is 11.6 Å². The van der Waals surface area contributed by atoms with Crippen molar-refractivity contribution in [2.45, 2.75) is 6.54 Å². The summed E-state index contributed by atoms with van der Waals surface area (Å²) in [6.45, 7) is -0.0575. The summed E-state index contributed by atoms with van der Waals surface area (Å²) in [5.41, 5.74) is 0.782. The van der Waals surface area contributed by atoms with Gasteiger partial charge in [0.25, 0.3) is 5.56 Å². The maximum Gasteiger partial charge on any atom is 0.270 e. The molecule has 0 atom stereocenters. The number of rotatable bonds is 3. The average molecular weight is 388 g/mol. The lowest BCUT2D eigenvalue weighted by molar-refractivity contribution is 0.572. The van der Waals surface area contributed by atoms with Gasteiger partial charge in [-0.3, -0.25) is 14.4 Å². The number of fused-ring (bicyclic) bond motifs is 1. The highest BCUT2D eigenvalue weighted by Crippen LogP contribution is 2.17. The minimum Gasteiger partial charge on any atom is -0.312 e. The predicted molar refractivity (Wildman–Crippen MR) is 95.2 cm³/mol. The molecule has 136 valence electrons. The minimum absolute atomic E-state index is 0.0575. The van der Waals surface area contributed by atoms with Crippen LogP contribution in [0.15, 0.2) is 58.6 Å². The molecule has 1 N–H and O–H groups in total. The molecule has 0 spiro atoms. The van der Waals surface area contributed by atoms with Crippen molar-refractivity contribution in [2.24, 2.45) is 4.99 Å². The first-order valence-corrected chi connectivity index (χ1v) is 8.64. The Labute approximate surface area is 154 Å². The monoisotopic (exact) mass is 388 g/mol. The summed E-state index contributed by atoms with van der Waals surface area (Å²) < 4.78 is 42.1. The molecule has 0 saturated heterocycles. The van der Waals surface area contributed by atoms with E-state index < -0.39 is 17.5 Å². The number of aromatic nitrogens is 3. The van der Waals surface area contributed by atoms with Crippen LogP contribution in [0.4, 0.5) is 13.2 Å². The maximum absolute atomic E-state index is 13.9. The van der Waals surface area contributed by atoms with Crippen LogP contribution < -0.4 is 10.4 Å². The first-order valence-electron chi connectivity index (χ1n) is 7.82. The number of hydrogen-bond donors (Lipinski definition) is 1. The number of aromatic amines is 1. The van der Waals surface area contributed by atoms with E-state index in [0.29, 0.717) is 20.8 Å². The van der Waals surface area contributed by atoms with Crippen LogP contribution in [0.2, 0.25) is 0 Å². The van der Waals surface area contributed by atoms with Crippen LogP contribution in [0.25, 0.3) is 16.0 Å². The quantitative estimate of drug-likeness (QED) is 0.585. The van der Waals surface area contributed by atoms with Gasteiger partial charge in [-0.05, 0) is 30.3 Å². The van der Waals surface area contributed by atoms with E-state index in [0.717, 1.165) is 23.5 Å². The number of thiazole rings is 1. The summed E-state index contributed by atoms with van der Waals surface area (Å²) in [6.07, 6.45) is 1.26. The van der Waals surface area contributed by atoms with Gasteiger partial charge in [0.05, 0.1) is 18.6 Å². The van der Waals surface area contributed by atoms with Gasteiger partial charge in [-0.1, -0.05) is 17.4 Å². The Morgan fingerprint density at radius 3 is 2.56 bits per heavy atom. The van der Waals surface area contributed by atoms with Crippen molar-refractivity contribution < 1.29 is 13.2 Å². The summed E-state index contributed by atoms with van der Waals surface area (Å²) in [5.74, 6) is -1.78. The third-order valence-electron chi connectivity index (χ3n) is 3.87. The molecular weight excluding hydrogens is 377 g/mol. The smallest absolute Gasteiger partial charge is 0.270 e. The Kier molecular flexibility index (Phi) is 4.36. The second-order valence-electron chi connectivity index (χ2n) is 5.63. The fourth-order valence-electron chi connectivity index (χ4n) is 2.59. The van der Waals surface area contributed by atoms with Crippen molar-refractivity contribution in [3.05, 3.63) is 87.0 Å². The molecule has 2 aromatic carbocycles. The minimum atomic E-state index is -0.704. The highest BCUT2D eigenvalue weighted by atomic mass is 32.1. The van der Waals surface area contributed by atoms with Crippen LogP contribution in [0.1, 0.15) is 5.56 Å². The molecule has 2 aromatic heterocycles. The van der Waals surface area contributed by atoms with Crippen LogP contribution in [0.3, 0.4) is 0 Å². The van der Waals surface area contributed by atoms with Gasteiger partial charge in [0.15, 0.2) is 10.4 Å². The highest BCUT2D eigenvalue weighted by Gasteiger charge is 2.13. The van der Waals surface area contributed by atoms with E-state index in [2.05, 4.69) is 15.0 Å². The van der Waals surface area contributed by atoms with Crippen molar-refractivity contribution in [3.8, 4) is 5.69 Å². The number of H-pyrrole nitrogens is 1. The molecule has 0 radical (unpaired) electrons. The number of benzene rings is 2. The second kappa shape index (κ2) is 6.84. The normalized spacial score (nSPS) is 12.0. The van der Waals surface area contributed by atoms with Crippen LogP contribution in [0, 0.1) is 17.5 Å². The van der Waals surface area contributed by atoms with Gasteiger partial charge in [-0.2, -0.15) is 0 Å². The van der Waals surface area contributed by atoms with E-state index in [1.165, 1.54) is 36.7 Å². The van der Waals surface area contributed by atoms with Crippen molar-refractivity contribution in [3.63, 3.8) is 0 Å². The molecule has 2 heterocycles. The molecule has 0 fully saturated rings. The lowest BCUT2D eigenvalue weighted by Gasteiger charge is -2.04. The molecule has 5 nitrogen and oxygen atoms in total. The second-order valence-corrected chi connectivity index (χ2v) is 6.61.